The molecule has 0 saturated heterocycles. The van der Waals surface area contributed by atoms with Gasteiger partial charge in [0.2, 0.25) is 0 Å². The molecular weight excluding hydrogens is 366 g/mol. The minimum absolute atomic E-state index is 0.226. The number of nitriles is 1. The lowest BCUT2D eigenvalue weighted by atomic mass is 9.84. The fourth-order valence-corrected chi connectivity index (χ4v) is 5.47. The summed E-state index contributed by atoms with van der Waals surface area (Å²) in [4.78, 5) is 0.354. The molecule has 0 bridgehead atoms. The van der Waals surface area contributed by atoms with Crippen LogP contribution in [0.25, 0.3) is 11.1 Å². The second-order valence-electron chi connectivity index (χ2n) is 7.23. The van der Waals surface area contributed by atoms with Crippen LogP contribution in [0, 0.1) is 23.2 Å². The summed E-state index contributed by atoms with van der Waals surface area (Å²) in [7, 11) is -3.28. The van der Waals surface area contributed by atoms with Crippen LogP contribution >= 0.6 is 11.6 Å². The van der Waals surface area contributed by atoms with E-state index in [1.54, 1.807) is 42.5 Å². The van der Waals surface area contributed by atoms with E-state index in [1.165, 1.54) is 0 Å². The number of halogens is 1. The van der Waals surface area contributed by atoms with Crippen LogP contribution in [0.3, 0.4) is 0 Å². The quantitative estimate of drug-likeness (QED) is 0.697. The van der Waals surface area contributed by atoms with E-state index < -0.39 is 9.84 Å². The lowest BCUT2D eigenvalue weighted by Crippen LogP contribution is -2.21. The molecule has 26 heavy (non-hydrogen) atoms. The van der Waals surface area contributed by atoms with Crippen molar-refractivity contribution in [3.63, 3.8) is 0 Å². The average Bonchev–Trinajstić information content (AvgIpc) is 2.63. The zero-order chi connectivity index (χ0) is 18.7. The molecule has 136 valence electrons. The Balaban J connectivity index is 1.80. The molecule has 2 aromatic rings. The molecule has 0 N–H and O–H groups in total. The van der Waals surface area contributed by atoms with E-state index in [9.17, 15) is 13.7 Å². The Bertz CT molecular complexity index is 921. The van der Waals surface area contributed by atoms with Crippen molar-refractivity contribution in [1.29, 1.82) is 5.26 Å². The first-order chi connectivity index (χ1) is 12.4. The normalized spacial score (nSPS) is 20.5. The van der Waals surface area contributed by atoms with Crippen LogP contribution in [-0.2, 0) is 9.84 Å². The summed E-state index contributed by atoms with van der Waals surface area (Å²) in [6, 6.07) is 14.1. The van der Waals surface area contributed by atoms with Gasteiger partial charge in [-0.05, 0) is 60.1 Å². The summed E-state index contributed by atoms with van der Waals surface area (Å²) in [6.07, 6.45) is 4.23. The summed E-state index contributed by atoms with van der Waals surface area (Å²) >= 11 is 5.94. The van der Waals surface area contributed by atoms with Gasteiger partial charge in [0.25, 0.3) is 0 Å². The molecule has 0 aliphatic heterocycles. The molecule has 1 aliphatic carbocycles. The van der Waals surface area contributed by atoms with E-state index in [-0.39, 0.29) is 11.7 Å². The first-order valence-corrected chi connectivity index (χ1v) is 10.9. The Kier molecular flexibility index (Phi) is 5.70. The molecule has 1 fully saturated rings. The van der Waals surface area contributed by atoms with Crippen LogP contribution in [0.1, 0.15) is 38.2 Å². The molecule has 3 rings (SSSR count). The van der Waals surface area contributed by atoms with Gasteiger partial charge in [-0.1, -0.05) is 49.6 Å². The third-order valence-electron chi connectivity index (χ3n) is 5.22. The smallest absolute Gasteiger partial charge is 0.178 e. The van der Waals surface area contributed by atoms with Crippen molar-refractivity contribution in [3.05, 3.63) is 53.1 Å². The van der Waals surface area contributed by atoms with Gasteiger partial charge in [0.05, 0.1) is 22.3 Å². The number of rotatable bonds is 4. The fourth-order valence-electron chi connectivity index (χ4n) is 3.60. The predicted octanol–water partition coefficient (Wildman–Crippen LogP) is 5.48. The highest BCUT2D eigenvalue weighted by atomic mass is 35.5. The topological polar surface area (TPSA) is 57.9 Å². The lowest BCUT2D eigenvalue weighted by Gasteiger charge is -2.25. The number of hydrogen-bond donors (Lipinski definition) is 0. The molecule has 0 spiro atoms. The van der Waals surface area contributed by atoms with Crippen LogP contribution in [0.4, 0.5) is 0 Å². The molecule has 0 heterocycles. The van der Waals surface area contributed by atoms with Crippen LogP contribution in [0.2, 0.25) is 5.02 Å². The van der Waals surface area contributed by atoms with Crippen molar-refractivity contribution in [2.24, 2.45) is 11.8 Å². The molecule has 3 nitrogen and oxygen atoms in total. The third kappa shape index (κ3) is 4.28. The Morgan fingerprint density at radius 1 is 1.08 bits per heavy atom. The molecule has 0 radical (unpaired) electrons. The maximum atomic E-state index is 12.7. The highest BCUT2D eigenvalue weighted by Gasteiger charge is 2.25. The summed E-state index contributed by atoms with van der Waals surface area (Å²) in [5.74, 6) is 1.20. The standard InChI is InChI=1S/C21H22ClNO2S/c1-15-2-4-16(5-3-15)14-26(24,25)20-9-6-17(7-10-20)21-11-8-19(22)12-18(21)13-23/h6-12,15-16H,2-5,14H2,1H3. The Morgan fingerprint density at radius 2 is 1.73 bits per heavy atom. The third-order valence-corrected chi connectivity index (χ3v) is 7.35. The second-order valence-corrected chi connectivity index (χ2v) is 9.70. The van der Waals surface area contributed by atoms with E-state index in [4.69, 9.17) is 11.6 Å². The molecule has 1 aliphatic rings. The molecule has 5 heteroatoms. The first kappa shape index (κ1) is 18.9. The summed E-state index contributed by atoms with van der Waals surface area (Å²) < 4.78 is 25.5. The largest absolute Gasteiger partial charge is 0.224 e. The van der Waals surface area contributed by atoms with Crippen molar-refractivity contribution in [2.45, 2.75) is 37.5 Å². The van der Waals surface area contributed by atoms with Crippen molar-refractivity contribution in [1.82, 2.24) is 0 Å². The summed E-state index contributed by atoms with van der Waals surface area (Å²) in [6.45, 7) is 2.23. The molecular formula is C21H22ClNO2S. The molecule has 0 aromatic heterocycles. The van der Waals surface area contributed by atoms with Crippen molar-refractivity contribution >= 4 is 21.4 Å². The maximum absolute atomic E-state index is 12.7. The van der Waals surface area contributed by atoms with E-state index in [0.717, 1.165) is 36.8 Å². The van der Waals surface area contributed by atoms with Gasteiger partial charge in [0.15, 0.2) is 9.84 Å². The second kappa shape index (κ2) is 7.82. The minimum atomic E-state index is -3.28. The van der Waals surface area contributed by atoms with Crippen molar-refractivity contribution < 1.29 is 8.42 Å². The molecule has 1 saturated carbocycles. The molecule has 2 aromatic carbocycles. The van der Waals surface area contributed by atoms with Gasteiger partial charge in [0, 0.05) is 5.02 Å². The number of hydrogen-bond acceptors (Lipinski definition) is 3. The van der Waals surface area contributed by atoms with Crippen LogP contribution in [0.5, 0.6) is 0 Å². The van der Waals surface area contributed by atoms with Gasteiger partial charge in [-0.3, -0.25) is 0 Å². The number of benzene rings is 2. The van der Waals surface area contributed by atoms with Gasteiger partial charge in [-0.2, -0.15) is 5.26 Å². The number of sulfone groups is 1. The van der Waals surface area contributed by atoms with Crippen molar-refractivity contribution in [2.75, 3.05) is 5.75 Å². The zero-order valence-electron chi connectivity index (χ0n) is 14.8. The Hall–Kier alpha value is -1.83. The van der Waals surface area contributed by atoms with Gasteiger partial charge in [-0.25, -0.2) is 8.42 Å². The SMILES string of the molecule is CC1CCC(CS(=O)(=O)c2ccc(-c3ccc(Cl)cc3C#N)cc2)CC1. The van der Waals surface area contributed by atoms with E-state index in [0.29, 0.717) is 21.4 Å². The van der Waals surface area contributed by atoms with Gasteiger partial charge >= 0.3 is 0 Å². The van der Waals surface area contributed by atoms with Gasteiger partial charge in [-0.15, -0.1) is 0 Å². The first-order valence-electron chi connectivity index (χ1n) is 8.92. The minimum Gasteiger partial charge on any atom is -0.224 e. The predicted molar refractivity (Wildman–Crippen MR) is 105 cm³/mol. The molecule has 0 unspecified atom stereocenters. The summed E-state index contributed by atoms with van der Waals surface area (Å²) in [5.41, 5.74) is 2.04. The van der Waals surface area contributed by atoms with Crippen molar-refractivity contribution in [3.8, 4) is 17.2 Å². The molecule has 0 atom stereocenters. The Labute approximate surface area is 160 Å². The summed E-state index contributed by atoms with van der Waals surface area (Å²) in [5, 5.41) is 9.79. The van der Waals surface area contributed by atoms with Crippen LogP contribution in [-0.4, -0.2) is 14.2 Å². The van der Waals surface area contributed by atoms with Gasteiger partial charge < -0.3 is 0 Å². The lowest BCUT2D eigenvalue weighted by molar-refractivity contribution is 0.308. The average molecular weight is 388 g/mol. The zero-order valence-corrected chi connectivity index (χ0v) is 16.4. The number of nitrogens with zero attached hydrogens (tertiary/aromatic N) is 1. The van der Waals surface area contributed by atoms with Crippen LogP contribution in [0.15, 0.2) is 47.4 Å². The monoisotopic (exact) mass is 387 g/mol. The van der Waals surface area contributed by atoms with E-state index in [1.807, 2.05) is 0 Å². The van der Waals surface area contributed by atoms with E-state index >= 15 is 0 Å². The maximum Gasteiger partial charge on any atom is 0.178 e. The Morgan fingerprint density at radius 3 is 2.35 bits per heavy atom. The van der Waals surface area contributed by atoms with Gasteiger partial charge in [0.1, 0.15) is 0 Å². The highest BCUT2D eigenvalue weighted by molar-refractivity contribution is 7.91. The van der Waals surface area contributed by atoms with Crippen LogP contribution < -0.4 is 0 Å². The fraction of sp³-hybridized carbons (Fsp3) is 0.381. The van der Waals surface area contributed by atoms with E-state index in [2.05, 4.69) is 13.0 Å². The molecule has 0 amide bonds. The highest BCUT2D eigenvalue weighted by Crippen LogP contribution is 2.31.